The predicted molar refractivity (Wildman–Crippen MR) is 200 cm³/mol. The lowest BCUT2D eigenvalue weighted by Crippen LogP contribution is -2.57. The van der Waals surface area contributed by atoms with Crippen molar-refractivity contribution in [2.75, 3.05) is 31.9 Å². The molecule has 3 atom stereocenters. The molecule has 5 rings (SSSR count). The number of aliphatic hydroxyl groups excluding tert-OH is 1. The van der Waals surface area contributed by atoms with E-state index in [4.69, 9.17) is 17.3 Å². The molecule has 51 heavy (non-hydrogen) atoms. The largest absolute Gasteiger partial charge is 0.397 e. The Morgan fingerprint density at radius 3 is 2.39 bits per heavy atom. The van der Waals surface area contributed by atoms with Crippen LogP contribution in [0.2, 0.25) is 5.02 Å². The van der Waals surface area contributed by atoms with Gasteiger partial charge >= 0.3 is 6.03 Å². The third-order valence-electron chi connectivity index (χ3n) is 9.12. The molecule has 0 spiro atoms. The Balaban J connectivity index is 1.37. The lowest BCUT2D eigenvalue weighted by molar-refractivity contribution is -0.128. The van der Waals surface area contributed by atoms with E-state index in [1.165, 1.54) is 22.5 Å². The molecule has 0 bridgehead atoms. The number of benzene rings is 3. The molecule has 0 saturated carbocycles. The molecule has 0 aliphatic carbocycles. The van der Waals surface area contributed by atoms with Gasteiger partial charge in [0.1, 0.15) is 6.04 Å². The first-order valence-electron chi connectivity index (χ1n) is 17.2. The molecule has 1 fully saturated rings. The second-order valence-electron chi connectivity index (χ2n) is 13.8. The van der Waals surface area contributed by atoms with Crippen molar-refractivity contribution >= 4 is 50.2 Å². The molecule has 11 nitrogen and oxygen atoms in total. The molecule has 3 aromatic carbocycles. The molecular formula is C38H47ClN6O5S. The number of aromatic nitrogens is 1. The summed E-state index contributed by atoms with van der Waals surface area (Å²) in [6.45, 7) is 8.54. The highest BCUT2D eigenvalue weighted by Crippen LogP contribution is 2.27. The number of rotatable bonds is 15. The molecule has 4 N–H and O–H groups in total. The van der Waals surface area contributed by atoms with Crippen molar-refractivity contribution < 1.29 is 23.1 Å². The predicted octanol–water partition coefficient (Wildman–Crippen LogP) is 5.17. The maximum atomic E-state index is 14.2. The van der Waals surface area contributed by atoms with Gasteiger partial charge in [-0.1, -0.05) is 87.8 Å². The molecular weight excluding hydrogens is 688 g/mol. The number of pyridine rings is 1. The van der Waals surface area contributed by atoms with Crippen LogP contribution in [0.4, 0.5) is 10.5 Å². The molecule has 0 radical (unpaired) electrons. The number of nitrogens with zero attached hydrogens (tertiary/aromatic N) is 4. The molecule has 13 heteroatoms. The van der Waals surface area contributed by atoms with E-state index >= 15 is 0 Å². The van der Waals surface area contributed by atoms with Crippen molar-refractivity contribution in [3.8, 4) is 0 Å². The Kier molecular flexibility index (Phi) is 12.2. The van der Waals surface area contributed by atoms with Crippen LogP contribution < -0.4 is 11.1 Å². The van der Waals surface area contributed by atoms with Crippen molar-refractivity contribution in [2.24, 2.45) is 11.8 Å². The van der Waals surface area contributed by atoms with E-state index < -0.39 is 34.1 Å². The summed E-state index contributed by atoms with van der Waals surface area (Å²) in [4.78, 5) is 35.8. The number of aliphatic hydroxyl groups is 1. The van der Waals surface area contributed by atoms with E-state index in [9.17, 15) is 23.1 Å². The Labute approximate surface area is 305 Å². The van der Waals surface area contributed by atoms with Crippen molar-refractivity contribution in [1.82, 2.24) is 24.4 Å². The Morgan fingerprint density at radius 1 is 1.00 bits per heavy atom. The molecule has 3 amide bonds. The number of halogens is 1. The molecule has 4 aromatic rings. The summed E-state index contributed by atoms with van der Waals surface area (Å²) in [5.74, 6) is -0.741. The van der Waals surface area contributed by atoms with E-state index in [1.54, 1.807) is 16.0 Å². The van der Waals surface area contributed by atoms with Gasteiger partial charge in [0.25, 0.3) is 0 Å². The van der Waals surface area contributed by atoms with Crippen molar-refractivity contribution in [3.05, 3.63) is 101 Å². The molecule has 2 heterocycles. The van der Waals surface area contributed by atoms with Crippen LogP contribution in [0.1, 0.15) is 38.8 Å². The molecule has 1 aromatic heterocycles. The zero-order valence-electron chi connectivity index (χ0n) is 29.4. The Morgan fingerprint density at radius 2 is 1.71 bits per heavy atom. The first kappa shape index (κ1) is 38.0. The number of hydrogen-bond acceptors (Lipinski definition) is 7. The van der Waals surface area contributed by atoms with Crippen LogP contribution in [-0.2, 0) is 27.8 Å². The lowest BCUT2D eigenvalue weighted by Gasteiger charge is -2.34. The van der Waals surface area contributed by atoms with Crippen LogP contribution in [0, 0.1) is 11.8 Å². The Bertz CT molecular complexity index is 1940. The fourth-order valence-corrected chi connectivity index (χ4v) is 8.35. The van der Waals surface area contributed by atoms with Gasteiger partial charge in [-0.05, 0) is 59.7 Å². The summed E-state index contributed by atoms with van der Waals surface area (Å²) in [6.07, 6.45) is 0.666. The number of nitrogen functional groups attached to an aromatic ring is 1. The number of para-hydroxylation sites is 1. The van der Waals surface area contributed by atoms with Crippen LogP contribution >= 0.6 is 11.6 Å². The number of urea groups is 1. The number of sulfonamides is 1. The minimum absolute atomic E-state index is 0.0439. The van der Waals surface area contributed by atoms with Crippen LogP contribution in [0.5, 0.6) is 0 Å². The lowest BCUT2D eigenvalue weighted by atomic mass is 9.97. The van der Waals surface area contributed by atoms with Gasteiger partial charge in [0.15, 0.2) is 0 Å². The summed E-state index contributed by atoms with van der Waals surface area (Å²) in [6, 6.07) is 21.2. The summed E-state index contributed by atoms with van der Waals surface area (Å²) >= 11 is 6.07. The third-order valence-corrected chi connectivity index (χ3v) is 11.3. The number of hydrogen-bond donors (Lipinski definition) is 3. The van der Waals surface area contributed by atoms with Crippen molar-refractivity contribution in [2.45, 2.75) is 63.7 Å². The number of nitrogens with one attached hydrogen (secondary N) is 1. The van der Waals surface area contributed by atoms with Gasteiger partial charge in [-0.3, -0.25) is 9.78 Å². The average Bonchev–Trinajstić information content (AvgIpc) is 3.44. The summed E-state index contributed by atoms with van der Waals surface area (Å²) in [7, 11) is -4.10. The number of amides is 3. The van der Waals surface area contributed by atoms with Crippen LogP contribution in [0.3, 0.4) is 0 Å². The first-order chi connectivity index (χ1) is 24.3. The SMILES string of the molecule is CC(C)CN(C[C@@H](O)[C@H](Cc1ccccc1)NC(=O)[C@H](C(C)C)N1CCN(Cc2ccnc3ccccc23)C1=O)S(=O)(=O)c1ccc(Cl)c(N)c1. The van der Waals surface area contributed by atoms with Crippen molar-refractivity contribution in [3.63, 3.8) is 0 Å². The van der Waals surface area contributed by atoms with Crippen LogP contribution in [-0.4, -0.2) is 88.9 Å². The molecule has 272 valence electrons. The topological polar surface area (TPSA) is 149 Å². The summed E-state index contributed by atoms with van der Waals surface area (Å²) < 4.78 is 29.0. The number of anilines is 1. The maximum Gasteiger partial charge on any atom is 0.321 e. The number of fused-ring (bicyclic) bond motifs is 1. The van der Waals surface area contributed by atoms with E-state index in [1.807, 2.05) is 88.4 Å². The standard InChI is InChI=1S/C38H47ClN6O5S/c1-25(2)22-44(51(49,50)29-14-15-31(39)32(40)21-29)24-35(46)34(20-27-10-6-5-7-11-27)42-37(47)36(26(3)4)45-19-18-43(38(45)48)23-28-16-17-41-33-13-9-8-12-30(28)33/h5-17,21,25-26,34-36,46H,18-20,22-24,40H2,1-4H3,(H,42,47)/t34-,35+,36-/m0/s1. The fourth-order valence-electron chi connectivity index (χ4n) is 6.57. The second-order valence-corrected chi connectivity index (χ2v) is 16.2. The molecule has 1 aliphatic rings. The quantitative estimate of drug-likeness (QED) is 0.143. The smallest absolute Gasteiger partial charge is 0.321 e. The van der Waals surface area contributed by atoms with Gasteiger partial charge in [0.2, 0.25) is 15.9 Å². The first-order valence-corrected chi connectivity index (χ1v) is 19.0. The van der Waals surface area contributed by atoms with Gasteiger partial charge < -0.3 is 26.0 Å². The van der Waals surface area contributed by atoms with E-state index in [2.05, 4.69) is 10.3 Å². The maximum absolute atomic E-state index is 14.2. The monoisotopic (exact) mass is 734 g/mol. The number of carbonyl (C=O) groups is 2. The van der Waals surface area contributed by atoms with E-state index in [0.29, 0.717) is 19.6 Å². The summed E-state index contributed by atoms with van der Waals surface area (Å²) in [5.41, 5.74) is 8.73. The van der Waals surface area contributed by atoms with E-state index in [-0.39, 0.29) is 53.0 Å². The highest BCUT2D eigenvalue weighted by atomic mass is 35.5. The number of carbonyl (C=O) groups excluding carboxylic acids is 2. The highest BCUT2D eigenvalue weighted by molar-refractivity contribution is 7.89. The van der Waals surface area contributed by atoms with Gasteiger partial charge in [-0.2, -0.15) is 4.31 Å². The molecule has 0 unspecified atom stereocenters. The van der Waals surface area contributed by atoms with Crippen molar-refractivity contribution in [1.29, 1.82) is 0 Å². The minimum Gasteiger partial charge on any atom is -0.397 e. The highest BCUT2D eigenvalue weighted by Gasteiger charge is 2.40. The third kappa shape index (κ3) is 8.99. The van der Waals surface area contributed by atoms with Crippen LogP contribution in [0.25, 0.3) is 10.9 Å². The zero-order valence-corrected chi connectivity index (χ0v) is 31.0. The normalized spacial score (nSPS) is 15.6. The van der Waals surface area contributed by atoms with Crippen LogP contribution in [0.15, 0.2) is 90.0 Å². The molecule has 1 saturated heterocycles. The average molecular weight is 735 g/mol. The van der Waals surface area contributed by atoms with Gasteiger partial charge in [-0.15, -0.1) is 0 Å². The van der Waals surface area contributed by atoms with Gasteiger partial charge in [0, 0.05) is 44.3 Å². The van der Waals surface area contributed by atoms with E-state index in [0.717, 1.165) is 22.0 Å². The number of nitrogens with two attached hydrogens (primary N) is 1. The molecule has 1 aliphatic heterocycles. The minimum atomic E-state index is -4.10. The fraction of sp³-hybridized carbons (Fsp3) is 0.395. The zero-order chi connectivity index (χ0) is 36.9. The second kappa shape index (κ2) is 16.4. The summed E-state index contributed by atoms with van der Waals surface area (Å²) in [5, 5.41) is 16.0. The van der Waals surface area contributed by atoms with Gasteiger partial charge in [-0.25, -0.2) is 13.2 Å². The Hall–Kier alpha value is -4.23. The van der Waals surface area contributed by atoms with Gasteiger partial charge in [0.05, 0.1) is 33.3 Å².